The molecule has 2 rings (SSSR count). The lowest BCUT2D eigenvalue weighted by Crippen LogP contribution is -2.43. The standard InChI is InChI=1S/C15H20FNO3/c1-11(15(19)17-7-3-2-4-8-17)20-14-6-5-13(16)9-12(14)10-18/h5-6,9,11,18H,2-4,7-8,10H2,1H3. The third-order valence-corrected chi connectivity index (χ3v) is 3.51. The number of likely N-dealkylation sites (tertiary alicyclic amines) is 1. The van der Waals surface area contributed by atoms with Gasteiger partial charge < -0.3 is 14.7 Å². The number of carbonyl (C=O) groups is 1. The molecule has 0 spiro atoms. The molecule has 0 aromatic heterocycles. The number of halogens is 1. The first kappa shape index (κ1) is 14.8. The zero-order valence-electron chi connectivity index (χ0n) is 11.6. The van der Waals surface area contributed by atoms with Crippen molar-refractivity contribution in [3.63, 3.8) is 0 Å². The van der Waals surface area contributed by atoms with Gasteiger partial charge in [0.15, 0.2) is 6.10 Å². The number of aliphatic hydroxyl groups excluding tert-OH is 1. The van der Waals surface area contributed by atoms with Gasteiger partial charge in [0.05, 0.1) is 6.61 Å². The summed E-state index contributed by atoms with van der Waals surface area (Å²) in [5.74, 6) is -0.138. The van der Waals surface area contributed by atoms with Gasteiger partial charge in [-0.15, -0.1) is 0 Å². The molecule has 1 heterocycles. The smallest absolute Gasteiger partial charge is 0.263 e. The van der Waals surface area contributed by atoms with Gasteiger partial charge in [-0.25, -0.2) is 4.39 Å². The first-order valence-corrected chi connectivity index (χ1v) is 6.96. The number of aliphatic hydroxyl groups is 1. The summed E-state index contributed by atoms with van der Waals surface area (Å²) in [6.45, 7) is 2.89. The van der Waals surface area contributed by atoms with Crippen LogP contribution < -0.4 is 4.74 Å². The van der Waals surface area contributed by atoms with E-state index in [-0.39, 0.29) is 12.5 Å². The van der Waals surface area contributed by atoms with E-state index in [0.29, 0.717) is 11.3 Å². The molecule has 110 valence electrons. The number of nitrogens with zero attached hydrogens (tertiary/aromatic N) is 1. The molecule has 0 radical (unpaired) electrons. The average Bonchev–Trinajstić information content (AvgIpc) is 2.49. The van der Waals surface area contributed by atoms with Gasteiger partial charge in [0.2, 0.25) is 0 Å². The fraction of sp³-hybridized carbons (Fsp3) is 0.533. The quantitative estimate of drug-likeness (QED) is 0.919. The number of rotatable bonds is 4. The minimum absolute atomic E-state index is 0.0575. The van der Waals surface area contributed by atoms with Crippen molar-refractivity contribution in [3.8, 4) is 5.75 Å². The zero-order valence-corrected chi connectivity index (χ0v) is 11.6. The van der Waals surface area contributed by atoms with Crippen molar-refractivity contribution >= 4 is 5.91 Å². The van der Waals surface area contributed by atoms with E-state index in [1.807, 2.05) is 0 Å². The van der Waals surface area contributed by atoms with Gasteiger partial charge in [-0.05, 0) is 44.4 Å². The Morgan fingerprint density at radius 3 is 2.75 bits per heavy atom. The van der Waals surface area contributed by atoms with Crippen molar-refractivity contribution in [2.24, 2.45) is 0 Å². The minimum Gasteiger partial charge on any atom is -0.481 e. The molecule has 1 atom stereocenters. The molecule has 0 bridgehead atoms. The highest BCUT2D eigenvalue weighted by Crippen LogP contribution is 2.22. The Hall–Kier alpha value is -1.62. The topological polar surface area (TPSA) is 49.8 Å². The van der Waals surface area contributed by atoms with Crippen LogP contribution in [-0.4, -0.2) is 35.1 Å². The highest BCUT2D eigenvalue weighted by molar-refractivity contribution is 5.81. The predicted octanol–water partition coefficient (Wildman–Crippen LogP) is 2.10. The van der Waals surface area contributed by atoms with Gasteiger partial charge in [-0.2, -0.15) is 0 Å². The van der Waals surface area contributed by atoms with Crippen molar-refractivity contribution in [2.45, 2.75) is 38.9 Å². The summed E-state index contributed by atoms with van der Waals surface area (Å²) in [4.78, 5) is 14.0. The number of hydrogen-bond donors (Lipinski definition) is 1. The molecule has 1 aromatic carbocycles. The molecule has 5 heteroatoms. The first-order chi connectivity index (χ1) is 9.61. The predicted molar refractivity (Wildman–Crippen MR) is 72.8 cm³/mol. The van der Waals surface area contributed by atoms with Gasteiger partial charge in [-0.3, -0.25) is 4.79 Å². The Labute approximate surface area is 118 Å². The van der Waals surface area contributed by atoms with Crippen molar-refractivity contribution in [3.05, 3.63) is 29.6 Å². The Balaban J connectivity index is 2.03. The van der Waals surface area contributed by atoms with Crippen LogP contribution in [0.25, 0.3) is 0 Å². The molecule has 0 aliphatic carbocycles. The molecule has 1 aromatic rings. The number of ether oxygens (including phenoxy) is 1. The van der Waals surface area contributed by atoms with Crippen LogP contribution in [0.1, 0.15) is 31.7 Å². The minimum atomic E-state index is -0.635. The van der Waals surface area contributed by atoms with E-state index >= 15 is 0 Å². The maximum atomic E-state index is 13.1. The molecule has 1 unspecified atom stereocenters. The fourth-order valence-electron chi connectivity index (χ4n) is 2.40. The van der Waals surface area contributed by atoms with Gasteiger partial charge in [-0.1, -0.05) is 0 Å². The summed E-state index contributed by atoms with van der Waals surface area (Å²) < 4.78 is 18.7. The van der Waals surface area contributed by atoms with Gasteiger partial charge in [0.1, 0.15) is 11.6 Å². The second-order valence-corrected chi connectivity index (χ2v) is 5.06. The second kappa shape index (κ2) is 6.70. The van der Waals surface area contributed by atoms with Crippen LogP contribution in [0, 0.1) is 5.82 Å². The molecule has 1 amide bonds. The Morgan fingerprint density at radius 1 is 1.40 bits per heavy atom. The van der Waals surface area contributed by atoms with Crippen molar-refractivity contribution < 1.29 is 19.0 Å². The van der Waals surface area contributed by atoms with Crippen LogP contribution in [0.2, 0.25) is 0 Å². The van der Waals surface area contributed by atoms with E-state index in [1.165, 1.54) is 18.2 Å². The zero-order chi connectivity index (χ0) is 14.5. The lowest BCUT2D eigenvalue weighted by molar-refractivity contribution is -0.138. The van der Waals surface area contributed by atoms with Crippen molar-refractivity contribution in [1.29, 1.82) is 0 Å². The SMILES string of the molecule is CC(Oc1ccc(F)cc1CO)C(=O)N1CCCCC1. The summed E-state index contributed by atoms with van der Waals surface area (Å²) in [7, 11) is 0. The molecule has 1 fully saturated rings. The van der Waals surface area contributed by atoms with Crippen LogP contribution in [-0.2, 0) is 11.4 Å². The highest BCUT2D eigenvalue weighted by Gasteiger charge is 2.24. The molecule has 1 N–H and O–H groups in total. The van der Waals surface area contributed by atoms with E-state index in [0.717, 1.165) is 32.4 Å². The number of benzene rings is 1. The Morgan fingerprint density at radius 2 is 2.10 bits per heavy atom. The Kier molecular flexibility index (Phi) is 4.95. The number of amides is 1. The molecule has 1 aliphatic heterocycles. The van der Waals surface area contributed by atoms with Gasteiger partial charge in [0, 0.05) is 18.7 Å². The normalized spacial score (nSPS) is 16.9. The van der Waals surface area contributed by atoms with Gasteiger partial charge in [0.25, 0.3) is 5.91 Å². The molecule has 1 aliphatic rings. The van der Waals surface area contributed by atoms with Crippen LogP contribution in [0.4, 0.5) is 4.39 Å². The third-order valence-electron chi connectivity index (χ3n) is 3.51. The molecule has 4 nitrogen and oxygen atoms in total. The largest absolute Gasteiger partial charge is 0.481 e. The summed E-state index contributed by atoms with van der Waals surface area (Å²) in [6.07, 6.45) is 2.57. The monoisotopic (exact) mass is 281 g/mol. The maximum absolute atomic E-state index is 13.1. The average molecular weight is 281 g/mol. The summed E-state index contributed by atoms with van der Waals surface area (Å²) in [5, 5.41) is 9.20. The summed E-state index contributed by atoms with van der Waals surface area (Å²) in [6, 6.07) is 3.92. The van der Waals surface area contributed by atoms with E-state index in [4.69, 9.17) is 4.74 Å². The number of hydrogen-bond acceptors (Lipinski definition) is 3. The first-order valence-electron chi connectivity index (χ1n) is 6.96. The van der Waals surface area contributed by atoms with E-state index < -0.39 is 11.9 Å². The molecule has 1 saturated heterocycles. The molecular formula is C15H20FNO3. The second-order valence-electron chi connectivity index (χ2n) is 5.06. The molecular weight excluding hydrogens is 261 g/mol. The Bertz CT molecular complexity index is 472. The number of carbonyl (C=O) groups excluding carboxylic acids is 1. The van der Waals surface area contributed by atoms with E-state index in [1.54, 1.807) is 11.8 Å². The molecule has 20 heavy (non-hydrogen) atoms. The maximum Gasteiger partial charge on any atom is 0.263 e. The van der Waals surface area contributed by atoms with E-state index in [2.05, 4.69) is 0 Å². The van der Waals surface area contributed by atoms with Gasteiger partial charge >= 0.3 is 0 Å². The fourth-order valence-corrected chi connectivity index (χ4v) is 2.40. The highest BCUT2D eigenvalue weighted by atomic mass is 19.1. The lowest BCUT2D eigenvalue weighted by atomic mass is 10.1. The number of piperidine rings is 1. The lowest BCUT2D eigenvalue weighted by Gasteiger charge is -2.29. The van der Waals surface area contributed by atoms with Crippen LogP contribution in [0.3, 0.4) is 0 Å². The summed E-state index contributed by atoms with van der Waals surface area (Å²) >= 11 is 0. The van der Waals surface area contributed by atoms with Crippen LogP contribution in [0.15, 0.2) is 18.2 Å². The van der Waals surface area contributed by atoms with Crippen LogP contribution >= 0.6 is 0 Å². The van der Waals surface area contributed by atoms with Crippen LogP contribution in [0.5, 0.6) is 5.75 Å². The summed E-state index contributed by atoms with van der Waals surface area (Å²) in [5.41, 5.74) is 0.350. The third kappa shape index (κ3) is 3.48. The molecule has 0 saturated carbocycles. The van der Waals surface area contributed by atoms with Crippen molar-refractivity contribution in [2.75, 3.05) is 13.1 Å². The van der Waals surface area contributed by atoms with Crippen molar-refractivity contribution in [1.82, 2.24) is 4.90 Å². The van der Waals surface area contributed by atoms with E-state index in [9.17, 15) is 14.3 Å².